The minimum atomic E-state index is -0.251. The summed E-state index contributed by atoms with van der Waals surface area (Å²) in [5.74, 6) is 0. The Bertz CT molecular complexity index is 52.0. The minimum absolute atomic E-state index is 0.251. The van der Waals surface area contributed by atoms with Crippen molar-refractivity contribution in [3.63, 3.8) is 0 Å². The maximum absolute atomic E-state index is 8.44. The van der Waals surface area contributed by atoms with Crippen LogP contribution in [-0.4, -0.2) is 20.5 Å². The van der Waals surface area contributed by atoms with Crippen molar-refractivity contribution in [2.24, 2.45) is 0 Å². The van der Waals surface area contributed by atoms with E-state index in [1.165, 1.54) is 24.6 Å². The monoisotopic (exact) mass is 116 g/mol. The van der Waals surface area contributed by atoms with Crippen molar-refractivity contribution < 1.29 is 5.11 Å². The van der Waals surface area contributed by atoms with Gasteiger partial charge in [0.25, 0.3) is 0 Å². The molecule has 2 heteroatoms. The van der Waals surface area contributed by atoms with Gasteiger partial charge in [0.2, 0.25) is 0 Å². The van der Waals surface area contributed by atoms with Gasteiger partial charge in [0.15, 0.2) is 0 Å². The van der Waals surface area contributed by atoms with Gasteiger partial charge < -0.3 is 5.11 Å². The van der Waals surface area contributed by atoms with Gasteiger partial charge >= 0.3 is 0 Å². The third-order valence-electron chi connectivity index (χ3n) is 1.76. The SMILES string of the molecule is OCC[SiH]1CCC1. The normalized spacial score (nSPS) is 21.9. The van der Waals surface area contributed by atoms with Crippen molar-refractivity contribution in [3.8, 4) is 0 Å². The van der Waals surface area contributed by atoms with E-state index in [9.17, 15) is 0 Å². The molecule has 0 spiro atoms. The smallest absolute Gasteiger partial charge is 0.0405 e. The second kappa shape index (κ2) is 2.48. The highest BCUT2D eigenvalue weighted by Gasteiger charge is 2.17. The van der Waals surface area contributed by atoms with E-state index in [0.29, 0.717) is 6.61 Å². The Labute approximate surface area is 46.0 Å². The van der Waals surface area contributed by atoms with Crippen LogP contribution in [0.2, 0.25) is 18.1 Å². The molecule has 1 aliphatic rings. The summed E-state index contributed by atoms with van der Waals surface area (Å²) >= 11 is 0. The Morgan fingerprint density at radius 3 is 2.29 bits per heavy atom. The molecule has 1 fully saturated rings. The van der Waals surface area contributed by atoms with E-state index in [4.69, 9.17) is 5.11 Å². The van der Waals surface area contributed by atoms with Gasteiger partial charge in [0.05, 0.1) is 0 Å². The van der Waals surface area contributed by atoms with E-state index in [-0.39, 0.29) is 8.80 Å². The lowest BCUT2D eigenvalue weighted by Gasteiger charge is -2.21. The van der Waals surface area contributed by atoms with Crippen LogP contribution < -0.4 is 0 Å². The second-order valence-corrected chi connectivity index (χ2v) is 5.77. The molecule has 0 amide bonds. The molecule has 0 radical (unpaired) electrons. The van der Waals surface area contributed by atoms with Crippen LogP contribution in [0.15, 0.2) is 0 Å². The Balaban J connectivity index is 1.93. The quantitative estimate of drug-likeness (QED) is 0.524. The van der Waals surface area contributed by atoms with Crippen molar-refractivity contribution in [2.75, 3.05) is 6.61 Å². The van der Waals surface area contributed by atoms with Crippen LogP contribution in [-0.2, 0) is 0 Å². The van der Waals surface area contributed by atoms with Gasteiger partial charge in [-0.25, -0.2) is 0 Å². The Morgan fingerprint density at radius 2 is 2.14 bits per heavy atom. The summed E-state index contributed by atoms with van der Waals surface area (Å²) in [6, 6.07) is 4.18. The summed E-state index contributed by atoms with van der Waals surface area (Å²) in [7, 11) is -0.251. The summed E-state index contributed by atoms with van der Waals surface area (Å²) in [6.07, 6.45) is 1.46. The van der Waals surface area contributed by atoms with Crippen LogP contribution in [0.4, 0.5) is 0 Å². The molecule has 1 nitrogen and oxygen atoms in total. The molecule has 0 aliphatic carbocycles. The molecule has 1 rings (SSSR count). The molecule has 0 aromatic carbocycles. The van der Waals surface area contributed by atoms with E-state index in [1.807, 2.05) is 0 Å². The van der Waals surface area contributed by atoms with Crippen molar-refractivity contribution in [3.05, 3.63) is 0 Å². The average Bonchev–Trinajstić information content (AvgIpc) is 1.55. The number of aliphatic hydroxyl groups is 1. The molecule has 1 aliphatic heterocycles. The lowest BCUT2D eigenvalue weighted by Crippen LogP contribution is -2.21. The first-order chi connectivity index (χ1) is 3.43. The van der Waals surface area contributed by atoms with Gasteiger partial charge in [-0.15, -0.1) is 0 Å². The molecule has 0 bridgehead atoms. The van der Waals surface area contributed by atoms with Crippen molar-refractivity contribution in [1.82, 2.24) is 0 Å². The van der Waals surface area contributed by atoms with E-state index < -0.39 is 0 Å². The molecule has 0 aromatic rings. The standard InChI is InChI=1S/C5H12OSi/c6-2-5-7-3-1-4-7/h6-7H,1-5H2. The first-order valence-electron chi connectivity index (χ1n) is 3.04. The molecule has 1 saturated heterocycles. The fourth-order valence-corrected chi connectivity index (χ4v) is 2.89. The minimum Gasteiger partial charge on any atom is -0.397 e. The van der Waals surface area contributed by atoms with Gasteiger partial charge in [-0.1, -0.05) is 18.5 Å². The molecular formula is C5H12OSi. The highest BCUT2D eigenvalue weighted by atomic mass is 28.3. The molecule has 7 heavy (non-hydrogen) atoms. The lowest BCUT2D eigenvalue weighted by molar-refractivity contribution is 0.316. The van der Waals surface area contributed by atoms with Crippen LogP contribution in [0, 0.1) is 0 Å². The zero-order valence-electron chi connectivity index (χ0n) is 4.56. The number of hydrogen-bond donors (Lipinski definition) is 1. The maximum Gasteiger partial charge on any atom is 0.0405 e. The third-order valence-corrected chi connectivity index (χ3v) is 5.29. The molecule has 0 saturated carbocycles. The van der Waals surface area contributed by atoms with Gasteiger partial charge in [-0.3, -0.25) is 0 Å². The summed E-state index contributed by atoms with van der Waals surface area (Å²) in [4.78, 5) is 0. The van der Waals surface area contributed by atoms with Crippen LogP contribution >= 0.6 is 0 Å². The molecule has 1 heterocycles. The summed E-state index contributed by atoms with van der Waals surface area (Å²) in [5, 5.41) is 8.44. The van der Waals surface area contributed by atoms with Crippen LogP contribution in [0.3, 0.4) is 0 Å². The molecule has 42 valence electrons. The number of aliphatic hydroxyl groups excluding tert-OH is 1. The fourth-order valence-electron chi connectivity index (χ4n) is 0.964. The van der Waals surface area contributed by atoms with Gasteiger partial charge in [-0.05, 0) is 6.04 Å². The average molecular weight is 116 g/mol. The number of hydrogen-bond acceptors (Lipinski definition) is 1. The largest absolute Gasteiger partial charge is 0.397 e. The van der Waals surface area contributed by atoms with Gasteiger partial charge in [0, 0.05) is 15.4 Å². The van der Waals surface area contributed by atoms with Crippen molar-refractivity contribution >= 4 is 8.80 Å². The van der Waals surface area contributed by atoms with Gasteiger partial charge in [0.1, 0.15) is 0 Å². The predicted octanol–water partition coefficient (Wildman–Crippen LogP) is 0.609. The molecule has 0 aromatic heterocycles. The predicted molar refractivity (Wildman–Crippen MR) is 33.3 cm³/mol. The topological polar surface area (TPSA) is 20.2 Å². The van der Waals surface area contributed by atoms with Gasteiger partial charge in [-0.2, -0.15) is 0 Å². The van der Waals surface area contributed by atoms with Crippen LogP contribution in [0.25, 0.3) is 0 Å². The van der Waals surface area contributed by atoms with Crippen molar-refractivity contribution in [2.45, 2.75) is 24.6 Å². The van der Waals surface area contributed by atoms with E-state index in [2.05, 4.69) is 0 Å². The Kier molecular flexibility index (Phi) is 1.88. The van der Waals surface area contributed by atoms with Crippen LogP contribution in [0.1, 0.15) is 6.42 Å². The number of rotatable bonds is 2. The van der Waals surface area contributed by atoms with Crippen molar-refractivity contribution in [1.29, 1.82) is 0 Å². The lowest BCUT2D eigenvalue weighted by atomic mass is 10.5. The molecule has 0 unspecified atom stereocenters. The molecular weight excluding hydrogens is 104 g/mol. The van der Waals surface area contributed by atoms with E-state index in [0.717, 1.165) is 0 Å². The summed E-state index contributed by atoms with van der Waals surface area (Å²) in [5.41, 5.74) is 0. The Morgan fingerprint density at radius 1 is 1.43 bits per heavy atom. The highest BCUT2D eigenvalue weighted by Crippen LogP contribution is 2.22. The van der Waals surface area contributed by atoms with Crippen LogP contribution in [0.5, 0.6) is 0 Å². The zero-order chi connectivity index (χ0) is 5.11. The zero-order valence-corrected chi connectivity index (χ0v) is 5.71. The first kappa shape index (κ1) is 5.32. The second-order valence-electron chi connectivity index (χ2n) is 2.31. The molecule has 0 atom stereocenters. The summed E-state index contributed by atoms with van der Waals surface area (Å²) < 4.78 is 0. The molecule has 1 N–H and O–H groups in total. The Hall–Kier alpha value is 0.177. The third kappa shape index (κ3) is 1.28. The van der Waals surface area contributed by atoms with E-state index >= 15 is 0 Å². The fraction of sp³-hybridized carbons (Fsp3) is 1.00. The maximum atomic E-state index is 8.44. The first-order valence-corrected chi connectivity index (χ1v) is 5.49. The van der Waals surface area contributed by atoms with E-state index in [1.54, 1.807) is 0 Å². The summed E-state index contributed by atoms with van der Waals surface area (Å²) in [6.45, 7) is 0.455. The highest BCUT2D eigenvalue weighted by molar-refractivity contribution is 6.61.